The molecule has 0 unspecified atom stereocenters. The van der Waals surface area contributed by atoms with Crippen LogP contribution in [0.5, 0.6) is 5.75 Å². The lowest BCUT2D eigenvalue weighted by Crippen LogP contribution is -2.76. The molecule has 2 saturated heterocycles. The molecule has 2 aromatic carbocycles. The highest BCUT2D eigenvalue weighted by Crippen LogP contribution is 2.29. The van der Waals surface area contributed by atoms with Gasteiger partial charge in [0.05, 0.1) is 13.1 Å². The number of carbonyl (C=O) groups excluding carboxylic acids is 4. The Bertz CT molecular complexity index is 1510. The number of amides is 5. The lowest BCUT2D eigenvalue weighted by atomic mass is 9.98. The first-order valence-corrected chi connectivity index (χ1v) is 13.8. The Morgan fingerprint density at radius 2 is 1.79 bits per heavy atom. The molecule has 5 amide bonds. The number of hydrazine groups is 1. The normalized spacial score (nSPS) is 18.7. The number of aromatic nitrogens is 1. The molecule has 3 heterocycles. The molecule has 0 spiro atoms. The number of fused-ring (bicyclic) bond motifs is 1. The summed E-state index contributed by atoms with van der Waals surface area (Å²) in [6.07, 6.45) is 2.40. The zero-order chi connectivity index (χ0) is 30.5. The SMILES string of the molecule is C=CCN1CC(=O)N2[C@@H](Cc3ccc(O)cc3)C(=O)N(Cc3ccnc(C(N)=O)c3)C[C@@H]2N1C(=O)NCc1ccccc1. The van der Waals surface area contributed by atoms with Crippen LogP contribution in [0.2, 0.25) is 0 Å². The molecule has 0 aliphatic carbocycles. The molecule has 2 fully saturated rings. The molecule has 2 atom stereocenters. The number of pyridine rings is 1. The molecule has 2 aliphatic rings. The number of nitrogens with zero attached hydrogens (tertiary/aromatic N) is 5. The highest BCUT2D eigenvalue weighted by molar-refractivity contribution is 5.92. The van der Waals surface area contributed by atoms with E-state index < -0.39 is 24.1 Å². The van der Waals surface area contributed by atoms with E-state index in [1.807, 2.05) is 30.3 Å². The predicted octanol–water partition coefficient (Wildman–Crippen LogP) is 1.62. The average molecular weight is 584 g/mol. The van der Waals surface area contributed by atoms with Gasteiger partial charge in [0, 0.05) is 32.3 Å². The van der Waals surface area contributed by atoms with Gasteiger partial charge in [0.15, 0.2) is 0 Å². The van der Waals surface area contributed by atoms with Gasteiger partial charge in [0.2, 0.25) is 11.8 Å². The lowest BCUT2D eigenvalue weighted by molar-refractivity contribution is -0.189. The van der Waals surface area contributed by atoms with Crippen LogP contribution < -0.4 is 11.1 Å². The summed E-state index contributed by atoms with van der Waals surface area (Å²) in [5, 5.41) is 15.9. The fourth-order valence-electron chi connectivity index (χ4n) is 5.48. The molecule has 0 saturated carbocycles. The highest BCUT2D eigenvalue weighted by atomic mass is 16.3. The molecule has 12 nitrogen and oxygen atoms in total. The van der Waals surface area contributed by atoms with E-state index in [4.69, 9.17) is 5.73 Å². The number of aromatic hydroxyl groups is 1. The first kappa shape index (κ1) is 29.3. The lowest BCUT2D eigenvalue weighted by Gasteiger charge is -2.55. The van der Waals surface area contributed by atoms with Crippen molar-refractivity contribution in [2.75, 3.05) is 19.6 Å². The van der Waals surface area contributed by atoms with Crippen LogP contribution in [0.4, 0.5) is 4.79 Å². The van der Waals surface area contributed by atoms with E-state index in [0.29, 0.717) is 5.56 Å². The van der Waals surface area contributed by atoms with E-state index in [-0.39, 0.29) is 62.4 Å². The van der Waals surface area contributed by atoms with Gasteiger partial charge < -0.3 is 26.0 Å². The van der Waals surface area contributed by atoms with Crippen molar-refractivity contribution in [2.45, 2.75) is 31.7 Å². The standard InChI is InChI=1S/C31H33N7O5/c1-2-14-36-20-28(40)37-26(16-21-8-10-24(39)11-9-21)30(42)35(18-23-12-13-33-25(15-23)29(32)41)19-27(37)38(36)31(43)34-17-22-6-4-3-5-7-22/h2-13,15,26-27,39H,1,14,16-20H2,(H2,32,41)(H,34,43)/t26-,27-/m0/s1. The second-order valence-corrected chi connectivity index (χ2v) is 10.4. The van der Waals surface area contributed by atoms with Gasteiger partial charge in [0.1, 0.15) is 23.7 Å². The van der Waals surface area contributed by atoms with Crippen molar-refractivity contribution in [3.63, 3.8) is 0 Å². The number of piperazine rings is 1. The van der Waals surface area contributed by atoms with Crippen LogP contribution in [0, 0.1) is 0 Å². The van der Waals surface area contributed by atoms with Crippen molar-refractivity contribution in [1.82, 2.24) is 30.1 Å². The number of hydrogen-bond acceptors (Lipinski definition) is 7. The van der Waals surface area contributed by atoms with Gasteiger partial charge in [-0.25, -0.2) is 14.8 Å². The van der Waals surface area contributed by atoms with Crippen LogP contribution in [0.15, 0.2) is 85.6 Å². The van der Waals surface area contributed by atoms with Gasteiger partial charge in [-0.15, -0.1) is 6.58 Å². The van der Waals surface area contributed by atoms with E-state index >= 15 is 0 Å². The Morgan fingerprint density at radius 3 is 2.49 bits per heavy atom. The number of carbonyl (C=O) groups is 4. The third kappa shape index (κ3) is 6.49. The number of nitrogens with one attached hydrogen (secondary N) is 1. The van der Waals surface area contributed by atoms with Crippen molar-refractivity contribution in [3.05, 3.63) is 108 Å². The van der Waals surface area contributed by atoms with Gasteiger partial charge in [0.25, 0.3) is 5.91 Å². The molecule has 4 N–H and O–H groups in total. The van der Waals surface area contributed by atoms with Crippen molar-refractivity contribution in [3.8, 4) is 5.75 Å². The Kier molecular flexibility index (Phi) is 8.67. The summed E-state index contributed by atoms with van der Waals surface area (Å²) in [5.74, 6) is -1.22. The number of urea groups is 1. The summed E-state index contributed by atoms with van der Waals surface area (Å²) in [6, 6.07) is 17.7. The van der Waals surface area contributed by atoms with Crippen molar-refractivity contribution < 1.29 is 24.3 Å². The summed E-state index contributed by atoms with van der Waals surface area (Å²) >= 11 is 0. The first-order valence-electron chi connectivity index (χ1n) is 13.8. The Morgan fingerprint density at radius 1 is 1.05 bits per heavy atom. The first-order chi connectivity index (χ1) is 20.7. The van der Waals surface area contributed by atoms with Gasteiger partial charge in [-0.05, 0) is 41.0 Å². The molecule has 222 valence electrons. The van der Waals surface area contributed by atoms with Crippen LogP contribution in [0.3, 0.4) is 0 Å². The van der Waals surface area contributed by atoms with Gasteiger partial charge >= 0.3 is 6.03 Å². The van der Waals surface area contributed by atoms with E-state index in [1.165, 1.54) is 34.3 Å². The minimum absolute atomic E-state index is 0.0251. The molecule has 2 aliphatic heterocycles. The van der Waals surface area contributed by atoms with Crippen LogP contribution in [0.1, 0.15) is 27.2 Å². The van der Waals surface area contributed by atoms with Gasteiger partial charge in [-0.1, -0.05) is 48.5 Å². The van der Waals surface area contributed by atoms with Crippen LogP contribution in [-0.4, -0.2) is 85.5 Å². The molecular weight excluding hydrogens is 550 g/mol. The maximum atomic E-state index is 14.0. The third-order valence-corrected chi connectivity index (χ3v) is 7.48. The number of nitrogens with two attached hydrogens (primary N) is 1. The van der Waals surface area contributed by atoms with Crippen molar-refractivity contribution in [2.24, 2.45) is 5.73 Å². The van der Waals surface area contributed by atoms with Crippen LogP contribution in [-0.2, 0) is 29.1 Å². The Labute approximate surface area is 249 Å². The van der Waals surface area contributed by atoms with E-state index in [0.717, 1.165) is 11.1 Å². The topological polar surface area (TPSA) is 152 Å². The predicted molar refractivity (Wildman–Crippen MR) is 157 cm³/mol. The Balaban J connectivity index is 1.50. The van der Waals surface area contributed by atoms with Gasteiger partial charge in [-0.2, -0.15) is 0 Å². The summed E-state index contributed by atoms with van der Waals surface area (Å²) in [4.78, 5) is 60.3. The van der Waals surface area contributed by atoms with E-state index in [9.17, 15) is 24.3 Å². The van der Waals surface area contributed by atoms with Crippen molar-refractivity contribution >= 4 is 23.8 Å². The Hall–Kier alpha value is -5.23. The zero-order valence-corrected chi connectivity index (χ0v) is 23.5. The van der Waals surface area contributed by atoms with E-state index in [1.54, 1.807) is 34.2 Å². The van der Waals surface area contributed by atoms with E-state index in [2.05, 4.69) is 16.9 Å². The number of benzene rings is 2. The summed E-state index contributed by atoms with van der Waals surface area (Å²) in [6.45, 7) is 4.32. The maximum Gasteiger partial charge on any atom is 0.334 e. The van der Waals surface area contributed by atoms with Crippen LogP contribution in [0.25, 0.3) is 0 Å². The molecule has 0 bridgehead atoms. The average Bonchev–Trinajstić information content (AvgIpc) is 3.00. The van der Waals surface area contributed by atoms with Crippen molar-refractivity contribution in [1.29, 1.82) is 0 Å². The molecular formula is C31H33N7O5. The number of rotatable bonds is 9. The fraction of sp³-hybridized carbons (Fsp3) is 0.258. The van der Waals surface area contributed by atoms with Crippen LogP contribution >= 0.6 is 0 Å². The monoisotopic (exact) mass is 583 g/mol. The zero-order valence-electron chi connectivity index (χ0n) is 23.5. The molecule has 3 aromatic rings. The molecule has 12 heteroatoms. The molecule has 5 rings (SSSR count). The quantitative estimate of drug-likeness (QED) is 0.324. The fourth-order valence-corrected chi connectivity index (χ4v) is 5.48. The summed E-state index contributed by atoms with van der Waals surface area (Å²) in [7, 11) is 0. The summed E-state index contributed by atoms with van der Waals surface area (Å²) in [5.41, 5.74) is 7.75. The number of primary amides is 1. The molecule has 0 radical (unpaired) electrons. The number of hydrogen-bond donors (Lipinski definition) is 3. The summed E-state index contributed by atoms with van der Waals surface area (Å²) < 4.78 is 0. The molecule has 1 aromatic heterocycles. The second-order valence-electron chi connectivity index (χ2n) is 10.4. The molecule has 43 heavy (non-hydrogen) atoms. The highest BCUT2D eigenvalue weighted by Gasteiger charge is 2.51. The third-order valence-electron chi connectivity index (χ3n) is 7.48. The number of phenolic OH excluding ortho intramolecular Hbond substituents is 1. The minimum atomic E-state index is -0.927. The second kappa shape index (κ2) is 12.7. The minimum Gasteiger partial charge on any atom is -0.508 e. The number of phenols is 1. The van der Waals surface area contributed by atoms with Gasteiger partial charge in [-0.3, -0.25) is 19.4 Å². The largest absolute Gasteiger partial charge is 0.508 e. The maximum absolute atomic E-state index is 14.0. The smallest absolute Gasteiger partial charge is 0.334 e.